The minimum absolute atomic E-state index is 0.0445. The molecule has 21 heavy (non-hydrogen) atoms. The lowest BCUT2D eigenvalue weighted by Crippen LogP contribution is -2.37. The molecular formula is C14H16FNO3S2. The van der Waals surface area contributed by atoms with Crippen molar-refractivity contribution in [2.24, 2.45) is 0 Å². The average Bonchev–Trinajstić information content (AvgIpc) is 2.99. The monoisotopic (exact) mass is 329 g/mol. The fourth-order valence-corrected chi connectivity index (χ4v) is 4.82. The third kappa shape index (κ3) is 3.58. The number of hydrogen-bond donors (Lipinski definition) is 1. The molecule has 1 unspecified atom stereocenters. The minimum atomic E-state index is -3.70. The summed E-state index contributed by atoms with van der Waals surface area (Å²) in [7, 11) is -2.17. The highest BCUT2D eigenvalue weighted by molar-refractivity contribution is 7.99. The molecule has 0 amide bonds. The van der Waals surface area contributed by atoms with E-state index in [2.05, 4.69) is 11.8 Å². The summed E-state index contributed by atoms with van der Waals surface area (Å²) < 4.78 is 40.1. The Morgan fingerprint density at radius 2 is 2.29 bits per heavy atom. The van der Waals surface area contributed by atoms with Crippen molar-refractivity contribution in [1.82, 2.24) is 4.31 Å². The molecule has 0 saturated carbocycles. The second kappa shape index (κ2) is 6.79. The van der Waals surface area contributed by atoms with Crippen molar-refractivity contribution in [3.05, 3.63) is 29.6 Å². The van der Waals surface area contributed by atoms with E-state index in [-0.39, 0.29) is 23.1 Å². The number of aliphatic hydroxyl groups is 1. The summed E-state index contributed by atoms with van der Waals surface area (Å²) in [5.41, 5.74) is 0.0714. The molecule has 0 bridgehead atoms. The quantitative estimate of drug-likeness (QED) is 0.849. The van der Waals surface area contributed by atoms with Crippen molar-refractivity contribution in [2.45, 2.75) is 17.4 Å². The first kappa shape index (κ1) is 16.3. The third-order valence-corrected chi connectivity index (χ3v) is 6.39. The van der Waals surface area contributed by atoms with Gasteiger partial charge in [0.05, 0.1) is 10.5 Å². The summed E-state index contributed by atoms with van der Waals surface area (Å²) in [6.07, 6.45) is 0.808. The van der Waals surface area contributed by atoms with E-state index in [1.807, 2.05) is 0 Å². The minimum Gasteiger partial charge on any atom is -0.384 e. The lowest BCUT2D eigenvalue weighted by Gasteiger charge is -2.23. The molecule has 0 aromatic heterocycles. The first-order chi connectivity index (χ1) is 9.96. The van der Waals surface area contributed by atoms with Gasteiger partial charge >= 0.3 is 0 Å². The molecule has 1 atom stereocenters. The molecule has 4 nitrogen and oxygen atoms in total. The van der Waals surface area contributed by atoms with E-state index in [1.165, 1.54) is 23.5 Å². The predicted octanol–water partition coefficient (Wildman–Crippen LogP) is 1.30. The Morgan fingerprint density at radius 1 is 1.52 bits per heavy atom. The molecule has 114 valence electrons. The van der Waals surface area contributed by atoms with Gasteiger partial charge in [-0.1, -0.05) is 11.8 Å². The zero-order valence-electron chi connectivity index (χ0n) is 11.5. The molecule has 0 aliphatic carbocycles. The fraction of sp³-hybridized carbons (Fsp3) is 0.429. The molecule has 1 N–H and O–H groups in total. The highest BCUT2D eigenvalue weighted by Crippen LogP contribution is 2.26. The molecule has 1 saturated heterocycles. The normalized spacial score (nSPS) is 18.6. The maximum atomic E-state index is 13.9. The van der Waals surface area contributed by atoms with E-state index in [0.717, 1.165) is 24.0 Å². The molecule has 1 aliphatic rings. The number of thioether (sulfide) groups is 1. The Hall–Kier alpha value is -1.07. The number of benzene rings is 1. The molecule has 1 aromatic rings. The molecule has 1 fully saturated rings. The van der Waals surface area contributed by atoms with Crippen molar-refractivity contribution in [1.29, 1.82) is 0 Å². The summed E-state index contributed by atoms with van der Waals surface area (Å²) in [6, 6.07) is 3.60. The van der Waals surface area contributed by atoms with Crippen LogP contribution in [0.1, 0.15) is 12.0 Å². The Kier molecular flexibility index (Phi) is 5.27. The Bertz CT molecular complexity index is 673. The van der Waals surface area contributed by atoms with Gasteiger partial charge in [-0.15, -0.1) is 0 Å². The highest BCUT2D eigenvalue weighted by Gasteiger charge is 2.30. The third-order valence-electron chi connectivity index (χ3n) is 3.34. The zero-order valence-corrected chi connectivity index (χ0v) is 13.2. The molecule has 1 heterocycles. The molecule has 1 aromatic carbocycles. The van der Waals surface area contributed by atoms with Crippen molar-refractivity contribution in [3.8, 4) is 11.8 Å². The van der Waals surface area contributed by atoms with Crippen LogP contribution in [0.3, 0.4) is 0 Å². The van der Waals surface area contributed by atoms with Gasteiger partial charge in [-0.2, -0.15) is 16.1 Å². The van der Waals surface area contributed by atoms with Crippen LogP contribution < -0.4 is 0 Å². The van der Waals surface area contributed by atoms with Crippen LogP contribution in [0, 0.1) is 17.7 Å². The number of aliphatic hydroxyl groups excluding tert-OH is 1. The van der Waals surface area contributed by atoms with Crippen LogP contribution in [-0.2, 0) is 10.0 Å². The average molecular weight is 329 g/mol. The van der Waals surface area contributed by atoms with Gasteiger partial charge in [0, 0.05) is 18.8 Å². The van der Waals surface area contributed by atoms with Gasteiger partial charge in [-0.05, 0) is 30.4 Å². The van der Waals surface area contributed by atoms with Crippen LogP contribution in [-0.4, -0.2) is 49.0 Å². The zero-order chi connectivity index (χ0) is 15.5. The van der Waals surface area contributed by atoms with Crippen molar-refractivity contribution < 1.29 is 17.9 Å². The number of rotatable bonds is 3. The highest BCUT2D eigenvalue weighted by atomic mass is 32.2. The number of nitrogens with zero attached hydrogens (tertiary/aromatic N) is 1. The second-order valence-electron chi connectivity index (χ2n) is 4.64. The topological polar surface area (TPSA) is 57.6 Å². The van der Waals surface area contributed by atoms with Crippen molar-refractivity contribution in [2.75, 3.05) is 25.2 Å². The lowest BCUT2D eigenvalue weighted by molar-refractivity contribution is 0.350. The predicted molar refractivity (Wildman–Crippen MR) is 81.0 cm³/mol. The molecule has 0 spiro atoms. The van der Waals surface area contributed by atoms with Crippen molar-refractivity contribution in [3.63, 3.8) is 0 Å². The van der Waals surface area contributed by atoms with Gasteiger partial charge in [0.25, 0.3) is 0 Å². The van der Waals surface area contributed by atoms with E-state index in [0.29, 0.717) is 0 Å². The van der Waals surface area contributed by atoms with Gasteiger partial charge in [-0.25, -0.2) is 12.8 Å². The fourth-order valence-electron chi connectivity index (χ4n) is 2.06. The lowest BCUT2D eigenvalue weighted by atomic mass is 10.2. The Balaban J connectivity index is 2.30. The smallest absolute Gasteiger partial charge is 0.243 e. The first-order valence-electron chi connectivity index (χ1n) is 6.42. The van der Waals surface area contributed by atoms with Gasteiger partial charge in [0.1, 0.15) is 12.4 Å². The molecule has 0 radical (unpaired) electrons. The van der Waals surface area contributed by atoms with E-state index < -0.39 is 15.8 Å². The van der Waals surface area contributed by atoms with E-state index in [1.54, 1.807) is 11.8 Å². The maximum Gasteiger partial charge on any atom is 0.243 e. The second-order valence-corrected chi connectivity index (χ2v) is 7.79. The summed E-state index contributed by atoms with van der Waals surface area (Å²) in [6.45, 7) is -0.373. The molecular weight excluding hydrogens is 313 g/mol. The Morgan fingerprint density at radius 3 is 2.86 bits per heavy atom. The van der Waals surface area contributed by atoms with Crippen molar-refractivity contribution >= 4 is 21.8 Å². The van der Waals surface area contributed by atoms with Crippen LogP contribution in [0.5, 0.6) is 0 Å². The van der Waals surface area contributed by atoms with Gasteiger partial charge in [-0.3, -0.25) is 0 Å². The van der Waals surface area contributed by atoms with Crippen LogP contribution in [0.15, 0.2) is 23.1 Å². The summed E-state index contributed by atoms with van der Waals surface area (Å²) >= 11 is 1.71. The number of halogens is 1. The van der Waals surface area contributed by atoms with Crippen LogP contribution in [0.4, 0.5) is 4.39 Å². The standard InChI is InChI=1S/C14H16FNO3S2/c1-16(12-6-8-20-10-12)21(18,19)13-5-4-11(3-2-7-17)14(15)9-13/h4-5,9,12,17H,6-8,10H2,1H3. The van der Waals surface area contributed by atoms with E-state index in [4.69, 9.17) is 5.11 Å². The SMILES string of the molecule is CN(C1CCSC1)S(=O)(=O)c1ccc(C#CCO)c(F)c1. The molecule has 1 aliphatic heterocycles. The summed E-state index contributed by atoms with van der Waals surface area (Å²) in [5, 5.41) is 8.60. The largest absolute Gasteiger partial charge is 0.384 e. The first-order valence-corrected chi connectivity index (χ1v) is 9.01. The summed E-state index contributed by atoms with van der Waals surface area (Å²) in [4.78, 5) is -0.0750. The molecule has 7 heteroatoms. The van der Waals surface area contributed by atoms with Crippen LogP contribution in [0.2, 0.25) is 0 Å². The summed E-state index contributed by atoms with van der Waals surface area (Å²) in [5.74, 6) is 5.77. The van der Waals surface area contributed by atoms with Gasteiger partial charge in [0.15, 0.2) is 0 Å². The maximum absolute atomic E-state index is 13.9. The van der Waals surface area contributed by atoms with Gasteiger partial charge in [0.2, 0.25) is 10.0 Å². The van der Waals surface area contributed by atoms with E-state index in [9.17, 15) is 12.8 Å². The van der Waals surface area contributed by atoms with Crippen LogP contribution in [0.25, 0.3) is 0 Å². The molecule has 2 rings (SSSR count). The Labute approximate surface area is 128 Å². The van der Waals surface area contributed by atoms with E-state index >= 15 is 0 Å². The number of sulfonamides is 1. The van der Waals surface area contributed by atoms with Crippen LogP contribution >= 0.6 is 11.8 Å². The number of hydrogen-bond acceptors (Lipinski definition) is 4. The van der Waals surface area contributed by atoms with Gasteiger partial charge < -0.3 is 5.11 Å².